The Morgan fingerprint density at radius 2 is 2.21 bits per heavy atom. The summed E-state index contributed by atoms with van der Waals surface area (Å²) in [6.45, 7) is 5.22. The van der Waals surface area contributed by atoms with Crippen LogP contribution in [-0.2, 0) is 6.54 Å². The second kappa shape index (κ2) is 3.73. The molecule has 0 N–H and O–H groups in total. The predicted octanol–water partition coefficient (Wildman–Crippen LogP) is 3.01. The lowest BCUT2D eigenvalue weighted by molar-refractivity contribution is 0.221. The summed E-state index contributed by atoms with van der Waals surface area (Å²) in [6, 6.07) is 6.80. The van der Waals surface area contributed by atoms with Gasteiger partial charge in [-0.05, 0) is 31.5 Å². The SMILES string of the molecule is CC(C)N1Cc2ccc(Br)cc2C=N1. The molecule has 0 saturated heterocycles. The first-order valence-corrected chi connectivity index (χ1v) is 5.55. The molecule has 14 heavy (non-hydrogen) atoms. The fourth-order valence-corrected chi connectivity index (χ4v) is 1.88. The summed E-state index contributed by atoms with van der Waals surface area (Å²) in [4.78, 5) is 0. The summed E-state index contributed by atoms with van der Waals surface area (Å²) in [5, 5.41) is 6.49. The molecule has 2 rings (SSSR count). The largest absolute Gasteiger partial charge is 0.290 e. The zero-order chi connectivity index (χ0) is 10.1. The van der Waals surface area contributed by atoms with Crippen LogP contribution in [0, 0.1) is 0 Å². The number of hydrogen-bond donors (Lipinski definition) is 0. The zero-order valence-electron chi connectivity index (χ0n) is 8.37. The number of hydrazone groups is 1. The maximum absolute atomic E-state index is 4.40. The average molecular weight is 253 g/mol. The minimum atomic E-state index is 0.461. The van der Waals surface area contributed by atoms with Crippen LogP contribution >= 0.6 is 15.9 Å². The van der Waals surface area contributed by atoms with Crippen molar-refractivity contribution < 1.29 is 0 Å². The quantitative estimate of drug-likeness (QED) is 0.751. The highest BCUT2D eigenvalue weighted by atomic mass is 79.9. The Hall–Kier alpha value is -0.830. The van der Waals surface area contributed by atoms with Gasteiger partial charge < -0.3 is 0 Å². The maximum Gasteiger partial charge on any atom is 0.0620 e. The molecule has 1 aromatic rings. The molecule has 0 spiro atoms. The fourth-order valence-electron chi connectivity index (χ4n) is 1.50. The monoisotopic (exact) mass is 252 g/mol. The summed E-state index contributed by atoms with van der Waals surface area (Å²) in [7, 11) is 0. The Morgan fingerprint density at radius 1 is 1.43 bits per heavy atom. The molecule has 0 aliphatic carbocycles. The van der Waals surface area contributed by atoms with E-state index in [0.29, 0.717) is 6.04 Å². The normalized spacial score (nSPS) is 14.7. The molecule has 0 aromatic heterocycles. The van der Waals surface area contributed by atoms with Gasteiger partial charge in [-0.2, -0.15) is 5.10 Å². The molecule has 0 amide bonds. The van der Waals surface area contributed by atoms with E-state index in [1.165, 1.54) is 11.1 Å². The molecule has 2 nitrogen and oxygen atoms in total. The molecule has 0 radical (unpaired) electrons. The van der Waals surface area contributed by atoms with Crippen LogP contribution < -0.4 is 0 Å². The number of nitrogens with zero attached hydrogens (tertiary/aromatic N) is 2. The summed E-state index contributed by atoms with van der Waals surface area (Å²) in [5.74, 6) is 0. The van der Waals surface area contributed by atoms with Crippen molar-refractivity contribution in [1.29, 1.82) is 0 Å². The number of benzene rings is 1. The van der Waals surface area contributed by atoms with Gasteiger partial charge in [0.1, 0.15) is 0 Å². The summed E-state index contributed by atoms with van der Waals surface area (Å²) in [5.41, 5.74) is 2.56. The number of rotatable bonds is 1. The highest BCUT2D eigenvalue weighted by Gasteiger charge is 2.13. The fraction of sp³-hybridized carbons (Fsp3) is 0.364. The Balaban J connectivity index is 2.31. The number of halogens is 1. The lowest BCUT2D eigenvalue weighted by Gasteiger charge is -2.27. The van der Waals surface area contributed by atoms with Gasteiger partial charge in [0.2, 0.25) is 0 Å². The van der Waals surface area contributed by atoms with Crippen molar-refractivity contribution in [2.45, 2.75) is 26.4 Å². The summed E-state index contributed by atoms with van der Waals surface area (Å²) in [6.07, 6.45) is 1.93. The molecule has 3 heteroatoms. The van der Waals surface area contributed by atoms with E-state index in [9.17, 15) is 0 Å². The first kappa shape index (κ1) is 9.71. The van der Waals surface area contributed by atoms with Crippen LogP contribution in [0.15, 0.2) is 27.8 Å². The van der Waals surface area contributed by atoms with Gasteiger partial charge in [-0.3, -0.25) is 5.01 Å². The lowest BCUT2D eigenvalue weighted by atomic mass is 10.1. The Kier molecular flexibility index (Phi) is 2.59. The molecule has 0 atom stereocenters. The molecule has 1 aromatic carbocycles. The predicted molar refractivity (Wildman–Crippen MR) is 62.4 cm³/mol. The zero-order valence-corrected chi connectivity index (χ0v) is 9.95. The Bertz CT molecular complexity index is 372. The second-order valence-electron chi connectivity index (χ2n) is 3.78. The van der Waals surface area contributed by atoms with Crippen LogP contribution in [0.5, 0.6) is 0 Å². The lowest BCUT2D eigenvalue weighted by Crippen LogP contribution is -2.28. The van der Waals surface area contributed by atoms with E-state index in [4.69, 9.17) is 0 Å². The third-order valence-corrected chi connectivity index (χ3v) is 2.87. The topological polar surface area (TPSA) is 15.6 Å². The van der Waals surface area contributed by atoms with Crippen molar-refractivity contribution in [1.82, 2.24) is 5.01 Å². The molecular weight excluding hydrogens is 240 g/mol. The van der Waals surface area contributed by atoms with Crippen molar-refractivity contribution in [2.24, 2.45) is 5.10 Å². The molecule has 0 fully saturated rings. The third-order valence-electron chi connectivity index (χ3n) is 2.38. The smallest absolute Gasteiger partial charge is 0.0620 e. The van der Waals surface area contributed by atoms with Crippen molar-refractivity contribution in [3.8, 4) is 0 Å². The minimum absolute atomic E-state index is 0.461. The van der Waals surface area contributed by atoms with Gasteiger partial charge in [0, 0.05) is 16.1 Å². The second-order valence-corrected chi connectivity index (χ2v) is 4.69. The van der Waals surface area contributed by atoms with Gasteiger partial charge in [0.05, 0.1) is 12.8 Å². The molecule has 1 heterocycles. The molecule has 74 valence electrons. The number of hydrogen-bond acceptors (Lipinski definition) is 2. The van der Waals surface area contributed by atoms with Crippen LogP contribution in [0.3, 0.4) is 0 Å². The van der Waals surface area contributed by atoms with E-state index in [0.717, 1.165) is 11.0 Å². The van der Waals surface area contributed by atoms with Crippen LogP contribution in [-0.4, -0.2) is 17.3 Å². The van der Waals surface area contributed by atoms with Gasteiger partial charge in [0.25, 0.3) is 0 Å². The van der Waals surface area contributed by atoms with Gasteiger partial charge in [-0.1, -0.05) is 22.0 Å². The first-order chi connectivity index (χ1) is 6.66. The highest BCUT2D eigenvalue weighted by molar-refractivity contribution is 9.10. The Labute approximate surface area is 92.7 Å². The average Bonchev–Trinajstić information content (AvgIpc) is 2.16. The maximum atomic E-state index is 4.40. The molecule has 1 aliphatic rings. The van der Waals surface area contributed by atoms with Crippen molar-refractivity contribution >= 4 is 22.1 Å². The van der Waals surface area contributed by atoms with Crippen molar-refractivity contribution in [3.63, 3.8) is 0 Å². The van der Waals surface area contributed by atoms with Crippen LogP contribution in [0.1, 0.15) is 25.0 Å². The molecule has 0 unspecified atom stereocenters. The van der Waals surface area contributed by atoms with E-state index in [1.807, 2.05) is 6.21 Å². The van der Waals surface area contributed by atoms with Crippen LogP contribution in [0.25, 0.3) is 0 Å². The van der Waals surface area contributed by atoms with E-state index >= 15 is 0 Å². The standard InChI is InChI=1S/C11H13BrN2/c1-8(2)14-7-9-3-4-11(12)5-10(9)6-13-14/h3-6,8H,7H2,1-2H3. The van der Waals surface area contributed by atoms with E-state index in [-0.39, 0.29) is 0 Å². The van der Waals surface area contributed by atoms with E-state index in [1.54, 1.807) is 0 Å². The summed E-state index contributed by atoms with van der Waals surface area (Å²) < 4.78 is 1.11. The van der Waals surface area contributed by atoms with E-state index in [2.05, 4.69) is 58.1 Å². The van der Waals surface area contributed by atoms with Crippen molar-refractivity contribution in [2.75, 3.05) is 0 Å². The van der Waals surface area contributed by atoms with E-state index < -0.39 is 0 Å². The van der Waals surface area contributed by atoms with Gasteiger partial charge in [0.15, 0.2) is 0 Å². The first-order valence-electron chi connectivity index (χ1n) is 4.76. The van der Waals surface area contributed by atoms with Gasteiger partial charge >= 0.3 is 0 Å². The van der Waals surface area contributed by atoms with Gasteiger partial charge in [-0.15, -0.1) is 0 Å². The minimum Gasteiger partial charge on any atom is -0.290 e. The van der Waals surface area contributed by atoms with Crippen LogP contribution in [0.4, 0.5) is 0 Å². The Morgan fingerprint density at radius 3 is 2.93 bits per heavy atom. The molecule has 1 aliphatic heterocycles. The highest BCUT2D eigenvalue weighted by Crippen LogP contribution is 2.21. The molecule has 0 saturated carbocycles. The molecule has 0 bridgehead atoms. The molecular formula is C11H13BrN2. The summed E-state index contributed by atoms with van der Waals surface area (Å²) >= 11 is 3.46. The third kappa shape index (κ3) is 1.82. The van der Waals surface area contributed by atoms with Gasteiger partial charge in [-0.25, -0.2) is 0 Å². The number of fused-ring (bicyclic) bond motifs is 1. The van der Waals surface area contributed by atoms with Crippen LogP contribution in [0.2, 0.25) is 0 Å². The van der Waals surface area contributed by atoms with Crippen molar-refractivity contribution in [3.05, 3.63) is 33.8 Å².